The van der Waals surface area contributed by atoms with E-state index in [9.17, 15) is 5.11 Å². The number of benzene rings is 1. The number of pyridine rings is 1. The number of aromatic amines is 1. The smallest absolute Gasteiger partial charge is 0.296 e. The molecule has 0 spiro atoms. The van der Waals surface area contributed by atoms with E-state index in [4.69, 9.17) is 25.8 Å². The summed E-state index contributed by atoms with van der Waals surface area (Å²) in [7, 11) is 0. The Morgan fingerprint density at radius 2 is 1.87 bits per heavy atom. The quantitative estimate of drug-likeness (QED) is 0.562. The predicted octanol–water partition coefficient (Wildman–Crippen LogP) is 1.53. The molecule has 4 atom stereocenters. The molecule has 10 heteroatoms. The van der Waals surface area contributed by atoms with Gasteiger partial charge in [0.25, 0.3) is 6.01 Å². The summed E-state index contributed by atoms with van der Waals surface area (Å²) in [5, 5.41) is 13.7. The molecule has 6 rings (SSSR count). The minimum Gasteiger partial charge on any atom is -0.456 e. The van der Waals surface area contributed by atoms with Crippen LogP contribution >= 0.6 is 11.6 Å². The van der Waals surface area contributed by atoms with Gasteiger partial charge in [-0.2, -0.15) is 4.98 Å². The van der Waals surface area contributed by atoms with Crippen LogP contribution in [-0.2, 0) is 9.47 Å². The number of nitrogens with one attached hydrogen (secondary N) is 2. The highest BCUT2D eigenvalue weighted by Gasteiger charge is 2.48. The second-order valence-corrected chi connectivity index (χ2v) is 8.19. The molecule has 3 aromatic rings. The number of hydrogen-bond acceptors (Lipinski definition) is 8. The Labute approximate surface area is 182 Å². The predicted molar refractivity (Wildman–Crippen MR) is 114 cm³/mol. The molecular weight excluding hydrogens is 422 g/mol. The molecule has 0 saturated carbocycles. The Morgan fingerprint density at radius 3 is 2.68 bits per heavy atom. The maximum atomic E-state index is 9.88. The Kier molecular flexibility index (Phi) is 4.57. The number of H-pyrrole nitrogens is 1. The number of aliphatic hydroxyl groups excluding tert-OH is 1. The van der Waals surface area contributed by atoms with Crippen molar-refractivity contribution in [1.29, 1.82) is 0 Å². The summed E-state index contributed by atoms with van der Waals surface area (Å²) in [6.45, 7) is 2.24. The first-order chi connectivity index (χ1) is 15.2. The monoisotopic (exact) mass is 441 g/mol. The van der Waals surface area contributed by atoms with Crippen LogP contribution in [0.25, 0.3) is 22.4 Å². The highest BCUT2D eigenvalue weighted by molar-refractivity contribution is 6.33. The third-order valence-electron chi connectivity index (χ3n) is 5.76. The molecule has 0 aliphatic carbocycles. The number of imidazole rings is 1. The zero-order valence-corrected chi connectivity index (χ0v) is 17.2. The molecule has 0 bridgehead atoms. The van der Waals surface area contributed by atoms with Crippen molar-refractivity contribution in [3.8, 4) is 17.3 Å². The fraction of sp³-hybridized carbons (Fsp3) is 0.381. The Morgan fingerprint density at radius 1 is 1.06 bits per heavy atom. The van der Waals surface area contributed by atoms with E-state index in [-0.39, 0.29) is 24.9 Å². The van der Waals surface area contributed by atoms with Crippen LogP contribution in [0.2, 0.25) is 5.02 Å². The van der Waals surface area contributed by atoms with Gasteiger partial charge < -0.3 is 29.6 Å². The van der Waals surface area contributed by atoms with Gasteiger partial charge in [0.2, 0.25) is 0 Å². The summed E-state index contributed by atoms with van der Waals surface area (Å²) in [5.74, 6) is 0.909. The van der Waals surface area contributed by atoms with Crippen LogP contribution in [-0.4, -0.2) is 76.6 Å². The first-order valence-electron chi connectivity index (χ1n) is 10.2. The molecule has 0 radical (unpaired) electrons. The van der Waals surface area contributed by atoms with Crippen molar-refractivity contribution in [3.63, 3.8) is 0 Å². The van der Waals surface area contributed by atoms with Gasteiger partial charge in [-0.25, -0.2) is 4.98 Å². The highest BCUT2D eigenvalue weighted by atomic mass is 35.5. The SMILES string of the molecule is O[C@@H]1COC2[C@H](Oc3nc4nc(-c5ccc(C6=NCCN6)cc5)c(Cl)cc4[nH]3)CO[C@@H]21. The summed E-state index contributed by atoms with van der Waals surface area (Å²) in [6, 6.07) is 10.1. The maximum Gasteiger partial charge on any atom is 0.296 e. The second kappa shape index (κ2) is 7.45. The highest BCUT2D eigenvalue weighted by Crippen LogP contribution is 2.32. The van der Waals surface area contributed by atoms with Crippen LogP contribution in [0.15, 0.2) is 35.3 Å². The molecule has 2 saturated heterocycles. The van der Waals surface area contributed by atoms with Crippen LogP contribution in [0.4, 0.5) is 0 Å². The lowest BCUT2D eigenvalue weighted by molar-refractivity contribution is 0.00706. The molecule has 3 N–H and O–H groups in total. The number of aliphatic imine (C=N–C) groups is 1. The lowest BCUT2D eigenvalue weighted by Crippen LogP contribution is -2.34. The first kappa shape index (κ1) is 19.0. The molecule has 9 nitrogen and oxygen atoms in total. The van der Waals surface area contributed by atoms with Gasteiger partial charge in [0.15, 0.2) is 11.8 Å². The van der Waals surface area contributed by atoms with E-state index in [1.54, 1.807) is 6.07 Å². The molecule has 5 heterocycles. The van der Waals surface area contributed by atoms with Gasteiger partial charge in [-0.05, 0) is 6.07 Å². The number of rotatable bonds is 4. The van der Waals surface area contributed by atoms with Crippen LogP contribution in [0, 0.1) is 0 Å². The molecule has 1 aromatic carbocycles. The zero-order chi connectivity index (χ0) is 20.9. The standard InChI is InChI=1S/C21H20ClN5O4/c22-12-7-13-20(26-16(12)10-1-3-11(4-2-10)19-23-5-6-24-19)27-21(25-13)31-15-9-30-17-14(28)8-29-18(15)17/h1-4,7,14-15,17-18,28H,5-6,8-9H2,(H,23,24)(H,25,26,27)/t14-,15-,17-,18?/m1/s1. The number of aliphatic hydroxyl groups is 1. The number of aromatic nitrogens is 3. The van der Waals surface area contributed by atoms with Crippen LogP contribution in [0.1, 0.15) is 5.56 Å². The zero-order valence-electron chi connectivity index (χ0n) is 16.4. The molecule has 3 aliphatic heterocycles. The number of amidine groups is 1. The van der Waals surface area contributed by atoms with Gasteiger partial charge in [0.05, 0.1) is 36.0 Å². The van der Waals surface area contributed by atoms with Gasteiger partial charge in [-0.15, -0.1) is 0 Å². The van der Waals surface area contributed by atoms with E-state index < -0.39 is 6.10 Å². The lowest BCUT2D eigenvalue weighted by Gasteiger charge is -2.15. The van der Waals surface area contributed by atoms with E-state index in [0.717, 1.165) is 30.1 Å². The van der Waals surface area contributed by atoms with Crippen molar-refractivity contribution < 1.29 is 19.3 Å². The Bertz CT molecular complexity index is 1160. The fourth-order valence-corrected chi connectivity index (χ4v) is 4.48. The largest absolute Gasteiger partial charge is 0.456 e. The van der Waals surface area contributed by atoms with Crippen molar-refractivity contribution in [2.75, 3.05) is 26.3 Å². The molecule has 3 aliphatic rings. The summed E-state index contributed by atoms with van der Waals surface area (Å²) >= 11 is 6.52. The van der Waals surface area contributed by atoms with Crippen LogP contribution in [0.5, 0.6) is 6.01 Å². The molecule has 1 unspecified atom stereocenters. The van der Waals surface area contributed by atoms with Crippen LogP contribution < -0.4 is 10.1 Å². The topological polar surface area (TPSA) is 114 Å². The van der Waals surface area contributed by atoms with Crippen molar-refractivity contribution in [2.24, 2.45) is 4.99 Å². The van der Waals surface area contributed by atoms with Crippen molar-refractivity contribution >= 4 is 28.6 Å². The molecule has 2 fully saturated rings. The van der Waals surface area contributed by atoms with Crippen molar-refractivity contribution in [3.05, 3.63) is 40.9 Å². The van der Waals surface area contributed by atoms with Gasteiger partial charge in [-0.1, -0.05) is 35.9 Å². The minimum atomic E-state index is -0.625. The summed E-state index contributed by atoms with van der Waals surface area (Å²) in [6.07, 6.45) is -1.65. The maximum absolute atomic E-state index is 9.88. The van der Waals surface area contributed by atoms with E-state index in [2.05, 4.69) is 25.3 Å². The van der Waals surface area contributed by atoms with E-state index in [1.165, 1.54) is 0 Å². The lowest BCUT2D eigenvalue weighted by atomic mass is 10.1. The molecule has 31 heavy (non-hydrogen) atoms. The number of nitrogens with zero attached hydrogens (tertiary/aromatic N) is 3. The number of fused-ring (bicyclic) bond motifs is 2. The average Bonchev–Trinajstić information content (AvgIpc) is 3.55. The Hall–Kier alpha value is -2.72. The van der Waals surface area contributed by atoms with Crippen molar-refractivity contribution in [1.82, 2.24) is 20.3 Å². The third-order valence-corrected chi connectivity index (χ3v) is 6.04. The van der Waals surface area contributed by atoms with Gasteiger partial charge >= 0.3 is 0 Å². The number of hydrogen-bond donors (Lipinski definition) is 3. The third kappa shape index (κ3) is 3.34. The average molecular weight is 442 g/mol. The van der Waals surface area contributed by atoms with E-state index in [1.807, 2.05) is 24.3 Å². The summed E-state index contributed by atoms with van der Waals surface area (Å²) < 4.78 is 17.1. The normalized spacial score (nSPS) is 27.4. The first-order valence-corrected chi connectivity index (χ1v) is 10.6. The minimum absolute atomic E-state index is 0.248. The van der Waals surface area contributed by atoms with Crippen molar-refractivity contribution in [2.45, 2.75) is 24.4 Å². The second-order valence-electron chi connectivity index (χ2n) is 7.79. The fourth-order valence-electron chi connectivity index (χ4n) is 4.22. The van der Waals surface area contributed by atoms with E-state index in [0.29, 0.717) is 34.5 Å². The number of halogens is 1. The molecule has 0 amide bonds. The van der Waals surface area contributed by atoms with Gasteiger partial charge in [0.1, 0.15) is 24.1 Å². The van der Waals surface area contributed by atoms with Gasteiger partial charge in [0, 0.05) is 17.7 Å². The van der Waals surface area contributed by atoms with E-state index >= 15 is 0 Å². The van der Waals surface area contributed by atoms with Gasteiger partial charge in [-0.3, -0.25) is 4.99 Å². The Balaban J connectivity index is 1.25. The molecule has 160 valence electrons. The summed E-state index contributed by atoms with van der Waals surface area (Å²) in [5.41, 5.74) is 3.74. The number of ether oxygens (including phenoxy) is 3. The molecular formula is C21H20ClN5O4. The summed E-state index contributed by atoms with van der Waals surface area (Å²) in [4.78, 5) is 16.7. The van der Waals surface area contributed by atoms with Crippen LogP contribution in [0.3, 0.4) is 0 Å². The molecule has 2 aromatic heterocycles.